The van der Waals surface area contributed by atoms with Crippen molar-refractivity contribution in [2.24, 2.45) is 0 Å². The quantitative estimate of drug-likeness (QED) is 0.938. The van der Waals surface area contributed by atoms with Crippen LogP contribution in [0.4, 0.5) is 13.2 Å². The van der Waals surface area contributed by atoms with Crippen LogP contribution in [0.25, 0.3) is 0 Å². The first kappa shape index (κ1) is 15.3. The van der Waals surface area contributed by atoms with Gasteiger partial charge in [0.2, 0.25) is 0 Å². The lowest BCUT2D eigenvalue weighted by molar-refractivity contribution is -0.138. The Bertz CT molecular complexity index is 597. The molecule has 0 saturated heterocycles. The number of halogens is 3. The van der Waals surface area contributed by atoms with Gasteiger partial charge in [-0.3, -0.25) is 4.98 Å². The number of aromatic nitrogens is 1. The lowest BCUT2D eigenvalue weighted by atomic mass is 9.96. The minimum absolute atomic E-state index is 0.0951. The van der Waals surface area contributed by atoms with Gasteiger partial charge in [-0.05, 0) is 30.8 Å². The van der Waals surface area contributed by atoms with Gasteiger partial charge in [-0.25, -0.2) is 0 Å². The summed E-state index contributed by atoms with van der Waals surface area (Å²) in [5, 5.41) is 2.90. The predicted octanol–water partition coefficient (Wildman–Crippen LogP) is 3.42. The summed E-state index contributed by atoms with van der Waals surface area (Å²) in [7, 11) is 3.15. The normalized spacial score (nSPS) is 13.0. The number of nitrogens with zero attached hydrogens (tertiary/aromatic N) is 1. The highest BCUT2D eigenvalue weighted by Crippen LogP contribution is 2.36. The second-order valence-corrected chi connectivity index (χ2v) is 4.46. The SMILES string of the molecule is CNC(c1ccc(OC)cc1)c1cnccc1C(F)(F)F. The van der Waals surface area contributed by atoms with E-state index in [0.717, 1.165) is 12.3 Å². The van der Waals surface area contributed by atoms with E-state index in [0.29, 0.717) is 11.3 Å². The minimum Gasteiger partial charge on any atom is -0.497 e. The maximum absolute atomic E-state index is 13.1. The van der Waals surface area contributed by atoms with Crippen LogP contribution in [0.2, 0.25) is 0 Å². The van der Waals surface area contributed by atoms with Gasteiger partial charge in [0, 0.05) is 18.0 Å². The zero-order valence-corrected chi connectivity index (χ0v) is 11.6. The van der Waals surface area contributed by atoms with Crippen LogP contribution in [-0.2, 0) is 6.18 Å². The van der Waals surface area contributed by atoms with Crippen molar-refractivity contribution in [3.8, 4) is 5.75 Å². The molecule has 2 aromatic rings. The van der Waals surface area contributed by atoms with Gasteiger partial charge in [0.05, 0.1) is 18.7 Å². The summed E-state index contributed by atoms with van der Waals surface area (Å²) in [6.07, 6.45) is -2.03. The molecular formula is C15H15F3N2O. The summed E-state index contributed by atoms with van der Waals surface area (Å²) in [6.45, 7) is 0. The lowest BCUT2D eigenvalue weighted by Gasteiger charge is -2.21. The Hall–Kier alpha value is -2.08. The molecule has 1 aromatic heterocycles. The highest BCUT2D eigenvalue weighted by Gasteiger charge is 2.35. The number of hydrogen-bond donors (Lipinski definition) is 1. The van der Waals surface area contributed by atoms with Crippen LogP contribution in [0.1, 0.15) is 22.7 Å². The van der Waals surface area contributed by atoms with Crippen molar-refractivity contribution in [2.75, 3.05) is 14.2 Å². The molecule has 6 heteroatoms. The van der Waals surface area contributed by atoms with Crippen LogP contribution >= 0.6 is 0 Å². The van der Waals surface area contributed by atoms with Crippen molar-refractivity contribution in [3.63, 3.8) is 0 Å². The zero-order chi connectivity index (χ0) is 15.5. The third-order valence-electron chi connectivity index (χ3n) is 3.21. The Morgan fingerprint density at radius 3 is 2.33 bits per heavy atom. The number of nitrogens with one attached hydrogen (secondary N) is 1. The molecule has 0 aliphatic heterocycles. The van der Waals surface area contributed by atoms with Gasteiger partial charge in [0.25, 0.3) is 0 Å². The van der Waals surface area contributed by atoms with Crippen LogP contribution < -0.4 is 10.1 Å². The van der Waals surface area contributed by atoms with Gasteiger partial charge in [-0.15, -0.1) is 0 Å². The number of hydrogen-bond acceptors (Lipinski definition) is 3. The van der Waals surface area contributed by atoms with Crippen LogP contribution in [0, 0.1) is 0 Å². The fraction of sp³-hybridized carbons (Fsp3) is 0.267. The zero-order valence-electron chi connectivity index (χ0n) is 11.6. The van der Waals surface area contributed by atoms with Crippen molar-refractivity contribution in [1.82, 2.24) is 10.3 Å². The third-order valence-corrected chi connectivity index (χ3v) is 3.21. The molecule has 0 fully saturated rings. The standard InChI is InChI=1S/C15H15F3N2O/c1-19-14(10-3-5-11(21-2)6-4-10)12-9-20-8-7-13(12)15(16,17)18/h3-9,14,19H,1-2H3. The maximum atomic E-state index is 13.1. The van der Waals surface area contributed by atoms with Gasteiger partial charge in [-0.2, -0.15) is 13.2 Å². The molecule has 0 saturated carbocycles. The fourth-order valence-corrected chi connectivity index (χ4v) is 2.19. The number of alkyl halides is 3. The molecule has 112 valence electrons. The molecule has 1 unspecified atom stereocenters. The first-order valence-corrected chi connectivity index (χ1v) is 6.29. The number of methoxy groups -OCH3 is 1. The molecule has 3 nitrogen and oxygen atoms in total. The summed E-state index contributed by atoms with van der Waals surface area (Å²) in [5.41, 5.74) is 0.113. The molecule has 0 radical (unpaired) electrons. The Labute approximate surface area is 120 Å². The van der Waals surface area contributed by atoms with Crippen molar-refractivity contribution >= 4 is 0 Å². The average Bonchev–Trinajstić information content (AvgIpc) is 2.48. The third kappa shape index (κ3) is 3.33. The molecule has 21 heavy (non-hydrogen) atoms. The first-order chi connectivity index (χ1) is 9.97. The second-order valence-electron chi connectivity index (χ2n) is 4.46. The van der Waals surface area contributed by atoms with Crippen molar-refractivity contribution < 1.29 is 17.9 Å². The lowest BCUT2D eigenvalue weighted by Crippen LogP contribution is -2.22. The van der Waals surface area contributed by atoms with Crippen LogP contribution in [-0.4, -0.2) is 19.1 Å². The highest BCUT2D eigenvalue weighted by molar-refractivity contribution is 5.39. The highest BCUT2D eigenvalue weighted by atomic mass is 19.4. The van der Waals surface area contributed by atoms with Gasteiger partial charge < -0.3 is 10.1 Å². The predicted molar refractivity (Wildman–Crippen MR) is 73.1 cm³/mol. The van der Waals surface area contributed by atoms with E-state index < -0.39 is 17.8 Å². The summed E-state index contributed by atoms with van der Waals surface area (Å²) < 4.78 is 44.4. The van der Waals surface area contributed by atoms with Gasteiger partial charge in [-0.1, -0.05) is 12.1 Å². The molecule has 1 N–H and O–H groups in total. The van der Waals surface area contributed by atoms with Gasteiger partial charge in [0.15, 0.2) is 0 Å². The Balaban J connectivity index is 2.46. The largest absolute Gasteiger partial charge is 0.497 e. The molecule has 0 amide bonds. The minimum atomic E-state index is -4.42. The van der Waals surface area contributed by atoms with Crippen molar-refractivity contribution in [1.29, 1.82) is 0 Å². The molecule has 1 heterocycles. The van der Waals surface area contributed by atoms with Gasteiger partial charge in [0.1, 0.15) is 5.75 Å². The molecule has 0 aliphatic carbocycles. The van der Waals surface area contributed by atoms with E-state index in [1.54, 1.807) is 31.3 Å². The fourth-order valence-electron chi connectivity index (χ4n) is 2.19. The van der Waals surface area contributed by atoms with E-state index in [1.165, 1.54) is 13.3 Å². The average molecular weight is 296 g/mol. The van der Waals surface area contributed by atoms with E-state index in [-0.39, 0.29) is 5.56 Å². The Morgan fingerprint density at radius 2 is 1.81 bits per heavy atom. The van der Waals surface area contributed by atoms with Crippen molar-refractivity contribution in [2.45, 2.75) is 12.2 Å². The smallest absolute Gasteiger partial charge is 0.416 e. The van der Waals surface area contributed by atoms with E-state index in [1.807, 2.05) is 0 Å². The number of benzene rings is 1. The summed E-state index contributed by atoms with van der Waals surface area (Å²) in [5.74, 6) is 0.649. The van der Waals surface area contributed by atoms with E-state index in [2.05, 4.69) is 10.3 Å². The first-order valence-electron chi connectivity index (χ1n) is 6.29. The number of ether oxygens (including phenoxy) is 1. The van der Waals surface area contributed by atoms with Crippen LogP contribution in [0.15, 0.2) is 42.7 Å². The molecule has 0 aliphatic rings. The topological polar surface area (TPSA) is 34.1 Å². The Kier molecular flexibility index (Phi) is 4.47. The summed E-state index contributed by atoms with van der Waals surface area (Å²) in [4.78, 5) is 3.82. The summed E-state index contributed by atoms with van der Waals surface area (Å²) in [6, 6.07) is 7.28. The monoisotopic (exact) mass is 296 g/mol. The van der Waals surface area contributed by atoms with Crippen molar-refractivity contribution in [3.05, 3.63) is 59.4 Å². The van der Waals surface area contributed by atoms with E-state index >= 15 is 0 Å². The van der Waals surface area contributed by atoms with Crippen LogP contribution in [0.3, 0.4) is 0 Å². The van der Waals surface area contributed by atoms with E-state index in [4.69, 9.17) is 4.74 Å². The summed E-state index contributed by atoms with van der Waals surface area (Å²) >= 11 is 0. The molecule has 0 spiro atoms. The number of rotatable bonds is 4. The molecular weight excluding hydrogens is 281 g/mol. The molecule has 1 aromatic carbocycles. The molecule has 2 rings (SSSR count). The number of pyridine rings is 1. The van der Waals surface area contributed by atoms with E-state index in [9.17, 15) is 13.2 Å². The molecule has 0 bridgehead atoms. The maximum Gasteiger partial charge on any atom is 0.416 e. The molecule has 1 atom stereocenters. The second kappa shape index (κ2) is 6.13. The Morgan fingerprint density at radius 1 is 1.14 bits per heavy atom. The van der Waals surface area contributed by atoms with Gasteiger partial charge >= 0.3 is 6.18 Å². The van der Waals surface area contributed by atoms with Crippen LogP contribution in [0.5, 0.6) is 5.75 Å².